The highest BCUT2D eigenvalue weighted by molar-refractivity contribution is 5.83. The molecule has 4 nitrogen and oxygen atoms in total. The van der Waals surface area contributed by atoms with Crippen molar-refractivity contribution in [2.45, 2.75) is 33.1 Å². The SMILES string of the molecule is COc1ccc(C=C2CCCc3cc(C)cnc32)cc1OC(C)=O. The number of aromatic nitrogens is 1. The third-order valence-corrected chi connectivity index (χ3v) is 4.08. The van der Waals surface area contributed by atoms with E-state index in [1.807, 2.05) is 24.4 Å². The molecule has 0 aliphatic heterocycles. The molecule has 0 fully saturated rings. The minimum atomic E-state index is -0.363. The number of aryl methyl sites for hydroxylation is 2. The number of rotatable bonds is 3. The van der Waals surface area contributed by atoms with Gasteiger partial charge in [0, 0.05) is 13.1 Å². The first-order valence-corrected chi connectivity index (χ1v) is 8.10. The molecule has 0 unspecified atom stereocenters. The van der Waals surface area contributed by atoms with E-state index in [0.717, 1.165) is 30.5 Å². The normalized spacial score (nSPS) is 15.0. The van der Waals surface area contributed by atoms with Crippen molar-refractivity contribution >= 4 is 17.6 Å². The lowest BCUT2D eigenvalue weighted by atomic mass is 9.89. The molecule has 4 heteroatoms. The molecule has 24 heavy (non-hydrogen) atoms. The van der Waals surface area contributed by atoms with E-state index in [2.05, 4.69) is 24.1 Å². The number of carbonyl (C=O) groups is 1. The molecule has 0 saturated carbocycles. The summed E-state index contributed by atoms with van der Waals surface area (Å²) in [5.74, 6) is 0.621. The number of allylic oxidation sites excluding steroid dienone is 1. The first-order chi connectivity index (χ1) is 11.6. The molecule has 0 N–H and O–H groups in total. The maximum absolute atomic E-state index is 11.3. The van der Waals surface area contributed by atoms with Gasteiger partial charge in [0.1, 0.15) is 0 Å². The Kier molecular flexibility index (Phi) is 4.65. The Morgan fingerprint density at radius 3 is 2.79 bits per heavy atom. The number of pyridine rings is 1. The zero-order valence-corrected chi connectivity index (χ0v) is 14.3. The number of benzene rings is 1. The van der Waals surface area contributed by atoms with Crippen LogP contribution in [0, 0.1) is 6.92 Å². The van der Waals surface area contributed by atoms with Crippen LogP contribution >= 0.6 is 0 Å². The summed E-state index contributed by atoms with van der Waals surface area (Å²) in [6, 6.07) is 7.82. The Morgan fingerprint density at radius 1 is 1.21 bits per heavy atom. The van der Waals surface area contributed by atoms with Crippen LogP contribution in [-0.2, 0) is 11.2 Å². The van der Waals surface area contributed by atoms with Gasteiger partial charge in [-0.25, -0.2) is 0 Å². The minimum absolute atomic E-state index is 0.363. The number of carbonyl (C=O) groups excluding carboxylic acids is 1. The first-order valence-electron chi connectivity index (χ1n) is 8.10. The van der Waals surface area contributed by atoms with Crippen molar-refractivity contribution in [3.63, 3.8) is 0 Å². The number of nitrogens with zero attached hydrogens (tertiary/aromatic N) is 1. The second-order valence-corrected chi connectivity index (χ2v) is 6.05. The molecule has 0 saturated heterocycles. The van der Waals surface area contributed by atoms with Crippen LogP contribution < -0.4 is 9.47 Å². The molecule has 0 spiro atoms. The summed E-state index contributed by atoms with van der Waals surface area (Å²) in [6.45, 7) is 3.45. The summed E-state index contributed by atoms with van der Waals surface area (Å²) in [5, 5.41) is 0. The average molecular weight is 323 g/mol. The highest BCUT2D eigenvalue weighted by atomic mass is 16.6. The van der Waals surface area contributed by atoms with Crippen molar-refractivity contribution in [1.82, 2.24) is 4.98 Å². The molecule has 1 aromatic heterocycles. The molecule has 1 aliphatic rings. The van der Waals surface area contributed by atoms with E-state index in [9.17, 15) is 4.79 Å². The van der Waals surface area contributed by atoms with E-state index in [-0.39, 0.29) is 5.97 Å². The molecule has 0 bridgehead atoms. The van der Waals surface area contributed by atoms with Gasteiger partial charge in [0.15, 0.2) is 11.5 Å². The summed E-state index contributed by atoms with van der Waals surface area (Å²) in [4.78, 5) is 15.9. The Morgan fingerprint density at radius 2 is 2.04 bits per heavy atom. The van der Waals surface area contributed by atoms with E-state index in [1.54, 1.807) is 7.11 Å². The van der Waals surface area contributed by atoms with E-state index in [0.29, 0.717) is 11.5 Å². The van der Waals surface area contributed by atoms with Gasteiger partial charge < -0.3 is 9.47 Å². The van der Waals surface area contributed by atoms with E-state index >= 15 is 0 Å². The summed E-state index contributed by atoms with van der Waals surface area (Å²) >= 11 is 0. The largest absolute Gasteiger partial charge is 0.493 e. The molecule has 1 heterocycles. The fourth-order valence-corrected chi connectivity index (χ4v) is 3.06. The number of hydrogen-bond acceptors (Lipinski definition) is 4. The second-order valence-electron chi connectivity index (χ2n) is 6.05. The van der Waals surface area contributed by atoms with E-state index < -0.39 is 0 Å². The molecule has 1 aliphatic carbocycles. The van der Waals surface area contributed by atoms with Gasteiger partial charge in [-0.2, -0.15) is 0 Å². The standard InChI is InChI=1S/C20H21NO3/c1-13-9-16-5-4-6-17(20(16)21-12-13)10-15-7-8-18(23-3)19(11-15)24-14(2)22/h7-12H,4-6H2,1-3H3. The maximum atomic E-state index is 11.3. The molecule has 1 aromatic carbocycles. The van der Waals surface area contributed by atoms with Crippen LogP contribution in [0.15, 0.2) is 30.5 Å². The predicted octanol–water partition coefficient (Wildman–Crippen LogP) is 4.20. The van der Waals surface area contributed by atoms with Gasteiger partial charge in [-0.3, -0.25) is 9.78 Å². The molecular weight excluding hydrogens is 302 g/mol. The fraction of sp³-hybridized carbons (Fsp3) is 0.300. The Hall–Kier alpha value is -2.62. The molecule has 0 amide bonds. The highest BCUT2D eigenvalue weighted by Gasteiger charge is 2.16. The van der Waals surface area contributed by atoms with Gasteiger partial charge in [0.25, 0.3) is 0 Å². The smallest absolute Gasteiger partial charge is 0.308 e. The zero-order valence-electron chi connectivity index (χ0n) is 14.3. The average Bonchev–Trinajstić information content (AvgIpc) is 2.54. The number of methoxy groups -OCH3 is 1. The minimum Gasteiger partial charge on any atom is -0.493 e. The van der Waals surface area contributed by atoms with Crippen molar-refractivity contribution in [3.05, 3.63) is 52.8 Å². The van der Waals surface area contributed by atoms with Crippen LogP contribution in [0.4, 0.5) is 0 Å². The second kappa shape index (κ2) is 6.87. The molecular formula is C20H21NO3. The van der Waals surface area contributed by atoms with Crippen molar-refractivity contribution < 1.29 is 14.3 Å². The topological polar surface area (TPSA) is 48.4 Å². The van der Waals surface area contributed by atoms with Crippen LogP contribution in [0.5, 0.6) is 11.5 Å². The first kappa shape index (κ1) is 16.2. The number of ether oxygens (including phenoxy) is 2. The summed E-state index contributed by atoms with van der Waals surface area (Å²) in [6.07, 6.45) is 7.22. The lowest BCUT2D eigenvalue weighted by Crippen LogP contribution is -2.05. The van der Waals surface area contributed by atoms with Gasteiger partial charge in [-0.05, 0) is 66.7 Å². The van der Waals surface area contributed by atoms with Crippen LogP contribution in [-0.4, -0.2) is 18.1 Å². The van der Waals surface area contributed by atoms with Gasteiger partial charge in [0.05, 0.1) is 12.8 Å². The molecule has 0 radical (unpaired) electrons. The summed E-state index contributed by atoms with van der Waals surface area (Å²) in [5.41, 5.74) is 5.77. The van der Waals surface area contributed by atoms with Gasteiger partial charge >= 0.3 is 5.97 Å². The monoisotopic (exact) mass is 323 g/mol. The molecule has 3 rings (SSSR count). The quantitative estimate of drug-likeness (QED) is 0.627. The van der Waals surface area contributed by atoms with Crippen LogP contribution in [0.3, 0.4) is 0 Å². The Labute approximate surface area is 142 Å². The van der Waals surface area contributed by atoms with Gasteiger partial charge in [-0.15, -0.1) is 0 Å². The Bertz CT molecular complexity index is 809. The molecule has 0 atom stereocenters. The van der Waals surface area contributed by atoms with Crippen molar-refractivity contribution in [2.75, 3.05) is 7.11 Å². The number of fused-ring (bicyclic) bond motifs is 1. The summed E-state index contributed by atoms with van der Waals surface area (Å²) in [7, 11) is 1.56. The van der Waals surface area contributed by atoms with Crippen molar-refractivity contribution in [1.29, 1.82) is 0 Å². The van der Waals surface area contributed by atoms with Crippen LogP contribution in [0.25, 0.3) is 11.6 Å². The van der Waals surface area contributed by atoms with Crippen molar-refractivity contribution in [3.8, 4) is 11.5 Å². The van der Waals surface area contributed by atoms with Crippen molar-refractivity contribution in [2.24, 2.45) is 0 Å². The summed E-state index contributed by atoms with van der Waals surface area (Å²) < 4.78 is 10.5. The Balaban J connectivity index is 1.99. The van der Waals surface area contributed by atoms with Gasteiger partial charge in [-0.1, -0.05) is 12.1 Å². The predicted molar refractivity (Wildman–Crippen MR) is 94.1 cm³/mol. The number of esters is 1. The van der Waals surface area contributed by atoms with E-state index in [1.165, 1.54) is 23.6 Å². The molecule has 124 valence electrons. The highest BCUT2D eigenvalue weighted by Crippen LogP contribution is 2.34. The lowest BCUT2D eigenvalue weighted by molar-refractivity contribution is -0.132. The van der Waals surface area contributed by atoms with Crippen LogP contribution in [0.2, 0.25) is 0 Å². The third-order valence-electron chi connectivity index (χ3n) is 4.08. The van der Waals surface area contributed by atoms with Gasteiger partial charge in [0.2, 0.25) is 0 Å². The fourth-order valence-electron chi connectivity index (χ4n) is 3.06. The number of hydrogen-bond donors (Lipinski definition) is 0. The lowest BCUT2D eigenvalue weighted by Gasteiger charge is -2.18. The molecule has 2 aromatic rings. The maximum Gasteiger partial charge on any atom is 0.308 e. The third kappa shape index (κ3) is 3.48. The van der Waals surface area contributed by atoms with E-state index in [4.69, 9.17) is 9.47 Å². The van der Waals surface area contributed by atoms with Crippen LogP contribution in [0.1, 0.15) is 42.1 Å². The zero-order chi connectivity index (χ0) is 17.1.